The number of hydrogen-bond donors (Lipinski definition) is 1. The van der Waals surface area contributed by atoms with Gasteiger partial charge in [-0.3, -0.25) is 4.79 Å². The monoisotopic (exact) mass is 285 g/mol. The molecule has 0 bridgehead atoms. The molecular formula is C12H20ClN5O. The Morgan fingerprint density at radius 1 is 1.37 bits per heavy atom. The molecule has 1 saturated carbocycles. The molecule has 1 fully saturated rings. The molecule has 6 nitrogen and oxygen atoms in total. The molecule has 1 aromatic heterocycles. The second-order valence-electron chi connectivity index (χ2n) is 4.90. The molecule has 1 N–H and O–H groups in total. The summed E-state index contributed by atoms with van der Waals surface area (Å²) in [6.45, 7) is 0.393. The summed E-state index contributed by atoms with van der Waals surface area (Å²) < 4.78 is 1.88. The van der Waals surface area contributed by atoms with E-state index in [4.69, 9.17) is 11.6 Å². The molecule has 0 spiro atoms. The number of alkyl halides is 1. The first-order valence-corrected chi connectivity index (χ1v) is 7.44. The fourth-order valence-corrected chi connectivity index (χ4v) is 2.56. The van der Waals surface area contributed by atoms with Crippen LogP contribution in [0.5, 0.6) is 0 Å². The summed E-state index contributed by atoms with van der Waals surface area (Å²) in [5.41, 5.74) is 0. The van der Waals surface area contributed by atoms with E-state index >= 15 is 0 Å². The van der Waals surface area contributed by atoms with Gasteiger partial charge in [0.05, 0.1) is 12.6 Å². The molecule has 19 heavy (non-hydrogen) atoms. The fourth-order valence-electron chi connectivity index (χ4n) is 2.43. The normalized spacial score (nSPS) is 16.5. The van der Waals surface area contributed by atoms with Crippen molar-refractivity contribution >= 4 is 17.5 Å². The molecule has 0 atom stereocenters. The van der Waals surface area contributed by atoms with Crippen LogP contribution in [0.2, 0.25) is 0 Å². The lowest BCUT2D eigenvalue weighted by Gasteiger charge is -2.22. The standard InChI is InChI=1S/C12H20ClN5O/c13-8-4-7-12(19)14-9-11-15-16-17-18(11)10-5-2-1-3-6-10/h10H,1-9H2,(H,14,19). The third kappa shape index (κ3) is 4.16. The number of aromatic nitrogens is 4. The highest BCUT2D eigenvalue weighted by Gasteiger charge is 2.19. The van der Waals surface area contributed by atoms with Gasteiger partial charge in [0.1, 0.15) is 0 Å². The maximum Gasteiger partial charge on any atom is 0.220 e. The van der Waals surface area contributed by atoms with Crippen LogP contribution in [-0.4, -0.2) is 32.0 Å². The molecule has 0 radical (unpaired) electrons. The minimum atomic E-state index is -0.00107. The number of halogens is 1. The molecule has 1 aliphatic rings. The number of hydrogen-bond acceptors (Lipinski definition) is 4. The van der Waals surface area contributed by atoms with Gasteiger partial charge < -0.3 is 5.32 Å². The van der Waals surface area contributed by atoms with Crippen LogP contribution in [0, 0.1) is 0 Å². The van der Waals surface area contributed by atoms with Gasteiger partial charge in [-0.1, -0.05) is 19.3 Å². The number of nitrogens with one attached hydrogen (secondary N) is 1. The molecular weight excluding hydrogens is 266 g/mol. The van der Waals surface area contributed by atoms with E-state index in [0.29, 0.717) is 31.3 Å². The molecule has 1 amide bonds. The Bertz CT molecular complexity index is 403. The molecule has 0 aliphatic heterocycles. The summed E-state index contributed by atoms with van der Waals surface area (Å²) >= 11 is 5.56. The molecule has 0 unspecified atom stereocenters. The van der Waals surface area contributed by atoms with E-state index in [2.05, 4.69) is 20.8 Å². The van der Waals surface area contributed by atoms with Gasteiger partial charge in [-0.15, -0.1) is 16.7 Å². The highest BCUT2D eigenvalue weighted by atomic mass is 35.5. The maximum absolute atomic E-state index is 11.5. The zero-order valence-corrected chi connectivity index (χ0v) is 11.8. The van der Waals surface area contributed by atoms with Crippen molar-refractivity contribution in [3.05, 3.63) is 5.82 Å². The van der Waals surface area contributed by atoms with Crippen LogP contribution in [0.25, 0.3) is 0 Å². The van der Waals surface area contributed by atoms with Gasteiger partial charge in [-0.25, -0.2) is 4.68 Å². The third-order valence-electron chi connectivity index (χ3n) is 3.46. The summed E-state index contributed by atoms with van der Waals surface area (Å²) in [4.78, 5) is 11.5. The topological polar surface area (TPSA) is 72.7 Å². The van der Waals surface area contributed by atoms with E-state index in [9.17, 15) is 4.79 Å². The van der Waals surface area contributed by atoms with Crippen molar-refractivity contribution in [2.75, 3.05) is 5.88 Å². The van der Waals surface area contributed by atoms with E-state index in [1.54, 1.807) is 0 Å². The van der Waals surface area contributed by atoms with Crippen LogP contribution in [0.15, 0.2) is 0 Å². The first kappa shape index (κ1) is 14.2. The van der Waals surface area contributed by atoms with Crippen LogP contribution >= 0.6 is 11.6 Å². The first-order chi connectivity index (χ1) is 9.31. The van der Waals surface area contributed by atoms with Crippen molar-refractivity contribution in [3.8, 4) is 0 Å². The number of amides is 1. The second-order valence-corrected chi connectivity index (χ2v) is 5.28. The lowest BCUT2D eigenvalue weighted by Crippen LogP contribution is -2.26. The summed E-state index contributed by atoms with van der Waals surface area (Å²) in [6, 6.07) is 0.387. The minimum Gasteiger partial charge on any atom is -0.349 e. The zero-order valence-electron chi connectivity index (χ0n) is 11.0. The average molecular weight is 286 g/mol. The second kappa shape index (κ2) is 7.43. The van der Waals surface area contributed by atoms with E-state index in [-0.39, 0.29) is 5.91 Å². The van der Waals surface area contributed by atoms with Gasteiger partial charge in [0, 0.05) is 12.3 Å². The fraction of sp³-hybridized carbons (Fsp3) is 0.833. The number of carbonyl (C=O) groups is 1. The van der Waals surface area contributed by atoms with Crippen LogP contribution < -0.4 is 5.32 Å². The summed E-state index contributed by atoms with van der Waals surface area (Å²) in [5, 5.41) is 14.6. The van der Waals surface area contributed by atoms with Crippen LogP contribution in [0.3, 0.4) is 0 Å². The van der Waals surface area contributed by atoms with Gasteiger partial charge in [0.25, 0.3) is 0 Å². The lowest BCUT2D eigenvalue weighted by atomic mass is 9.95. The van der Waals surface area contributed by atoms with Crippen molar-refractivity contribution in [1.82, 2.24) is 25.5 Å². The van der Waals surface area contributed by atoms with Crippen molar-refractivity contribution in [1.29, 1.82) is 0 Å². The van der Waals surface area contributed by atoms with Crippen molar-refractivity contribution < 1.29 is 4.79 Å². The van der Waals surface area contributed by atoms with Crippen LogP contribution in [-0.2, 0) is 11.3 Å². The van der Waals surface area contributed by atoms with Crippen LogP contribution in [0.1, 0.15) is 56.8 Å². The zero-order chi connectivity index (χ0) is 13.5. The molecule has 1 aliphatic carbocycles. The molecule has 0 aromatic carbocycles. The highest BCUT2D eigenvalue weighted by molar-refractivity contribution is 6.17. The number of tetrazole rings is 1. The SMILES string of the molecule is O=C(CCCCl)NCc1nnnn1C1CCCCC1. The van der Waals surface area contributed by atoms with E-state index in [1.807, 2.05) is 4.68 Å². The Hall–Kier alpha value is -1.17. The summed E-state index contributed by atoms with van der Waals surface area (Å²) in [6.07, 6.45) is 7.15. The lowest BCUT2D eigenvalue weighted by molar-refractivity contribution is -0.121. The Balaban J connectivity index is 1.86. The largest absolute Gasteiger partial charge is 0.349 e. The molecule has 7 heteroatoms. The molecule has 2 rings (SSSR count). The molecule has 1 heterocycles. The predicted molar refractivity (Wildman–Crippen MR) is 71.7 cm³/mol. The predicted octanol–water partition coefficient (Wildman–Crippen LogP) is 1.81. The Labute approximate surface area is 117 Å². The minimum absolute atomic E-state index is 0.00107. The van der Waals surface area contributed by atoms with E-state index in [0.717, 1.165) is 18.7 Å². The first-order valence-electron chi connectivity index (χ1n) is 6.90. The van der Waals surface area contributed by atoms with Crippen LogP contribution in [0.4, 0.5) is 0 Å². The van der Waals surface area contributed by atoms with E-state index < -0.39 is 0 Å². The number of nitrogens with zero attached hydrogens (tertiary/aromatic N) is 4. The average Bonchev–Trinajstić information content (AvgIpc) is 2.92. The maximum atomic E-state index is 11.5. The molecule has 0 saturated heterocycles. The Morgan fingerprint density at radius 3 is 2.89 bits per heavy atom. The van der Waals surface area contributed by atoms with Gasteiger partial charge in [0.2, 0.25) is 5.91 Å². The quantitative estimate of drug-likeness (QED) is 0.809. The number of rotatable bonds is 6. The smallest absolute Gasteiger partial charge is 0.220 e. The number of carbonyl (C=O) groups excluding carboxylic acids is 1. The highest BCUT2D eigenvalue weighted by Crippen LogP contribution is 2.27. The van der Waals surface area contributed by atoms with Crippen molar-refractivity contribution in [2.24, 2.45) is 0 Å². The van der Waals surface area contributed by atoms with Gasteiger partial charge in [0.15, 0.2) is 5.82 Å². The van der Waals surface area contributed by atoms with Gasteiger partial charge in [-0.2, -0.15) is 0 Å². The van der Waals surface area contributed by atoms with Gasteiger partial charge in [-0.05, 0) is 29.7 Å². The van der Waals surface area contributed by atoms with Crippen molar-refractivity contribution in [2.45, 2.75) is 57.5 Å². The Kier molecular flexibility index (Phi) is 5.57. The Morgan fingerprint density at radius 2 is 2.16 bits per heavy atom. The summed E-state index contributed by atoms with van der Waals surface area (Å²) in [5.74, 6) is 1.25. The van der Waals surface area contributed by atoms with Gasteiger partial charge >= 0.3 is 0 Å². The van der Waals surface area contributed by atoms with E-state index in [1.165, 1.54) is 19.3 Å². The summed E-state index contributed by atoms with van der Waals surface area (Å²) in [7, 11) is 0. The molecule has 106 valence electrons. The third-order valence-corrected chi connectivity index (χ3v) is 3.73. The molecule has 1 aromatic rings. The van der Waals surface area contributed by atoms with Crippen molar-refractivity contribution in [3.63, 3.8) is 0 Å².